The molecule has 0 fully saturated rings. The number of methoxy groups -OCH3 is 2. The van der Waals surface area contributed by atoms with Gasteiger partial charge in [0.2, 0.25) is 0 Å². The van der Waals surface area contributed by atoms with Gasteiger partial charge in [-0.2, -0.15) is 0 Å². The fraction of sp³-hybridized carbons (Fsp3) is 0.286. The first-order valence-corrected chi connectivity index (χ1v) is 6.14. The lowest BCUT2D eigenvalue weighted by Gasteiger charge is -2.15. The molecule has 1 unspecified atom stereocenters. The van der Waals surface area contributed by atoms with Gasteiger partial charge in [-0.3, -0.25) is 0 Å². The molecule has 0 saturated heterocycles. The quantitative estimate of drug-likeness (QED) is 0.915. The average molecular weight is 283 g/mol. The van der Waals surface area contributed by atoms with E-state index in [0.29, 0.717) is 28.5 Å². The zero-order chi connectivity index (χ0) is 13.8. The van der Waals surface area contributed by atoms with Gasteiger partial charge in [-0.15, -0.1) is 0 Å². The SMILES string of the molecule is COc1cc(C(O)Cc2ccoc2)cc(Cl)c1OC. The smallest absolute Gasteiger partial charge is 0.179 e. The van der Waals surface area contributed by atoms with E-state index in [1.165, 1.54) is 14.2 Å². The molecule has 0 bridgehead atoms. The molecule has 0 aliphatic rings. The van der Waals surface area contributed by atoms with E-state index in [1.807, 2.05) is 6.07 Å². The highest BCUT2D eigenvalue weighted by Gasteiger charge is 2.16. The maximum atomic E-state index is 10.2. The van der Waals surface area contributed by atoms with Crippen LogP contribution in [0.3, 0.4) is 0 Å². The average Bonchev–Trinajstić information content (AvgIpc) is 2.90. The lowest BCUT2D eigenvalue weighted by Crippen LogP contribution is -2.02. The monoisotopic (exact) mass is 282 g/mol. The van der Waals surface area contributed by atoms with Crippen LogP contribution in [0.1, 0.15) is 17.2 Å². The number of benzene rings is 1. The Bertz CT molecular complexity index is 537. The van der Waals surface area contributed by atoms with Gasteiger partial charge in [-0.1, -0.05) is 11.6 Å². The molecule has 0 aliphatic heterocycles. The van der Waals surface area contributed by atoms with E-state index in [1.54, 1.807) is 24.7 Å². The summed E-state index contributed by atoms with van der Waals surface area (Å²) in [4.78, 5) is 0. The Morgan fingerprint density at radius 2 is 2.11 bits per heavy atom. The van der Waals surface area contributed by atoms with Gasteiger partial charge in [-0.05, 0) is 29.3 Å². The Morgan fingerprint density at radius 3 is 2.68 bits per heavy atom. The molecule has 1 N–H and O–H groups in total. The predicted octanol–water partition coefficient (Wildman–Crippen LogP) is 3.23. The van der Waals surface area contributed by atoms with E-state index in [-0.39, 0.29) is 0 Å². The highest BCUT2D eigenvalue weighted by atomic mass is 35.5. The molecular weight excluding hydrogens is 268 g/mol. The maximum Gasteiger partial charge on any atom is 0.179 e. The van der Waals surface area contributed by atoms with Gasteiger partial charge in [0.1, 0.15) is 0 Å². The minimum Gasteiger partial charge on any atom is -0.493 e. The third-order valence-corrected chi connectivity index (χ3v) is 3.13. The van der Waals surface area contributed by atoms with Gasteiger partial charge in [0, 0.05) is 6.42 Å². The standard InChI is InChI=1S/C14H15ClO4/c1-17-13-7-10(6-11(15)14(13)18-2)12(16)5-9-3-4-19-8-9/h3-4,6-8,12,16H,5H2,1-2H3. The lowest BCUT2D eigenvalue weighted by atomic mass is 10.0. The Balaban J connectivity index is 2.27. The van der Waals surface area contributed by atoms with Crippen molar-refractivity contribution in [2.45, 2.75) is 12.5 Å². The molecule has 1 aromatic carbocycles. The van der Waals surface area contributed by atoms with Crippen molar-refractivity contribution >= 4 is 11.6 Å². The summed E-state index contributed by atoms with van der Waals surface area (Å²) in [6.07, 6.45) is 2.94. The molecule has 2 aromatic rings. The predicted molar refractivity (Wildman–Crippen MR) is 71.9 cm³/mol. The Kier molecular flexibility index (Phi) is 4.35. The number of halogens is 1. The zero-order valence-corrected chi connectivity index (χ0v) is 11.5. The molecule has 0 spiro atoms. The van der Waals surface area contributed by atoms with Crippen molar-refractivity contribution < 1.29 is 19.0 Å². The third kappa shape index (κ3) is 3.03. The van der Waals surface area contributed by atoms with Crippen LogP contribution < -0.4 is 9.47 Å². The molecular formula is C14H15ClO4. The van der Waals surface area contributed by atoms with Crippen molar-refractivity contribution in [3.8, 4) is 11.5 Å². The van der Waals surface area contributed by atoms with Crippen molar-refractivity contribution in [2.75, 3.05) is 14.2 Å². The molecule has 102 valence electrons. The van der Waals surface area contributed by atoms with Crippen LogP contribution in [-0.4, -0.2) is 19.3 Å². The summed E-state index contributed by atoms with van der Waals surface area (Å²) < 4.78 is 15.3. The third-order valence-electron chi connectivity index (χ3n) is 2.85. The first-order valence-electron chi connectivity index (χ1n) is 5.76. The normalized spacial score (nSPS) is 12.2. The van der Waals surface area contributed by atoms with Crippen LogP contribution in [0.5, 0.6) is 11.5 Å². The molecule has 0 radical (unpaired) electrons. The van der Waals surface area contributed by atoms with Crippen molar-refractivity contribution in [3.05, 3.63) is 46.9 Å². The Hall–Kier alpha value is -1.65. The van der Waals surface area contributed by atoms with Gasteiger partial charge in [-0.25, -0.2) is 0 Å². The number of furan rings is 1. The van der Waals surface area contributed by atoms with Crippen LogP contribution in [0.2, 0.25) is 5.02 Å². The number of ether oxygens (including phenoxy) is 2. The Morgan fingerprint density at radius 1 is 1.32 bits per heavy atom. The van der Waals surface area contributed by atoms with Crippen molar-refractivity contribution in [1.29, 1.82) is 0 Å². The molecule has 2 rings (SSSR count). The maximum absolute atomic E-state index is 10.2. The topological polar surface area (TPSA) is 51.8 Å². The summed E-state index contributed by atoms with van der Waals surface area (Å²) >= 11 is 6.10. The van der Waals surface area contributed by atoms with Gasteiger partial charge < -0.3 is 19.0 Å². The van der Waals surface area contributed by atoms with Crippen molar-refractivity contribution in [1.82, 2.24) is 0 Å². The van der Waals surface area contributed by atoms with Gasteiger partial charge >= 0.3 is 0 Å². The fourth-order valence-corrected chi connectivity index (χ4v) is 2.18. The molecule has 1 aromatic heterocycles. The van der Waals surface area contributed by atoms with E-state index in [4.69, 9.17) is 25.5 Å². The van der Waals surface area contributed by atoms with E-state index >= 15 is 0 Å². The molecule has 1 heterocycles. The summed E-state index contributed by atoms with van der Waals surface area (Å²) in [7, 11) is 3.05. The summed E-state index contributed by atoms with van der Waals surface area (Å²) in [5.41, 5.74) is 1.59. The molecule has 19 heavy (non-hydrogen) atoms. The van der Waals surface area contributed by atoms with Crippen LogP contribution in [0.4, 0.5) is 0 Å². The molecule has 0 amide bonds. The van der Waals surface area contributed by atoms with E-state index < -0.39 is 6.10 Å². The number of aliphatic hydroxyl groups is 1. The van der Waals surface area contributed by atoms with E-state index in [2.05, 4.69) is 0 Å². The Labute approximate surface area is 116 Å². The largest absolute Gasteiger partial charge is 0.493 e. The highest BCUT2D eigenvalue weighted by Crippen LogP contribution is 2.38. The second-order valence-corrected chi connectivity index (χ2v) is 4.50. The lowest BCUT2D eigenvalue weighted by molar-refractivity contribution is 0.177. The number of aliphatic hydroxyl groups excluding tert-OH is 1. The summed E-state index contributed by atoms with van der Waals surface area (Å²) in [6.45, 7) is 0. The van der Waals surface area contributed by atoms with Crippen LogP contribution in [0.15, 0.2) is 35.1 Å². The number of hydrogen-bond donors (Lipinski definition) is 1. The zero-order valence-electron chi connectivity index (χ0n) is 10.7. The summed E-state index contributed by atoms with van der Waals surface area (Å²) in [6, 6.07) is 5.20. The van der Waals surface area contributed by atoms with Gasteiger partial charge in [0.25, 0.3) is 0 Å². The number of hydrogen-bond acceptors (Lipinski definition) is 4. The van der Waals surface area contributed by atoms with Crippen LogP contribution in [-0.2, 0) is 6.42 Å². The second kappa shape index (κ2) is 5.99. The van der Waals surface area contributed by atoms with Crippen molar-refractivity contribution in [3.63, 3.8) is 0 Å². The first kappa shape index (κ1) is 13.8. The van der Waals surface area contributed by atoms with Gasteiger partial charge in [0.15, 0.2) is 11.5 Å². The minimum atomic E-state index is -0.685. The second-order valence-electron chi connectivity index (χ2n) is 4.09. The first-order chi connectivity index (χ1) is 9.15. The van der Waals surface area contributed by atoms with Crippen molar-refractivity contribution in [2.24, 2.45) is 0 Å². The molecule has 5 heteroatoms. The van der Waals surface area contributed by atoms with Crippen LogP contribution in [0.25, 0.3) is 0 Å². The minimum absolute atomic E-state index is 0.406. The molecule has 0 aliphatic carbocycles. The molecule has 4 nitrogen and oxygen atoms in total. The highest BCUT2D eigenvalue weighted by molar-refractivity contribution is 6.32. The van der Waals surface area contributed by atoms with Crippen LogP contribution >= 0.6 is 11.6 Å². The number of rotatable bonds is 5. The summed E-state index contributed by atoms with van der Waals surface area (Å²) in [5, 5.41) is 10.6. The summed E-state index contributed by atoms with van der Waals surface area (Å²) in [5.74, 6) is 0.958. The van der Waals surface area contributed by atoms with Gasteiger partial charge in [0.05, 0.1) is 37.9 Å². The van der Waals surface area contributed by atoms with E-state index in [9.17, 15) is 5.11 Å². The van der Waals surface area contributed by atoms with E-state index in [0.717, 1.165) is 5.56 Å². The fourth-order valence-electron chi connectivity index (χ4n) is 1.88. The molecule has 1 atom stereocenters. The molecule has 0 saturated carbocycles. The van der Waals surface area contributed by atoms with Crippen LogP contribution in [0, 0.1) is 0 Å².